The third kappa shape index (κ3) is 3.48. The second kappa shape index (κ2) is 6.83. The first-order valence-electron chi connectivity index (χ1n) is 7.04. The molecule has 0 amide bonds. The number of halogens is 2. The largest absolute Gasteiger partial charge is 0.369 e. The van der Waals surface area contributed by atoms with E-state index < -0.39 is 0 Å². The molecule has 1 aromatic heterocycles. The molecule has 4 nitrogen and oxygen atoms in total. The zero-order chi connectivity index (χ0) is 14.7. The van der Waals surface area contributed by atoms with Crippen LogP contribution < -0.4 is 10.2 Å². The summed E-state index contributed by atoms with van der Waals surface area (Å²) in [5.74, 6) is 1.50. The van der Waals surface area contributed by atoms with Crippen LogP contribution in [0.25, 0.3) is 0 Å². The molecule has 0 saturated carbocycles. The highest BCUT2D eigenvalue weighted by atomic mass is 35.5. The SMILES string of the molecule is CCNc1nc(N(C)C2CCCN(C)C2)c(Cl)cc1Cl. The summed E-state index contributed by atoms with van der Waals surface area (Å²) in [5.41, 5.74) is 0. The summed E-state index contributed by atoms with van der Waals surface area (Å²) in [7, 11) is 4.21. The van der Waals surface area contributed by atoms with Gasteiger partial charge in [-0.05, 0) is 39.4 Å². The van der Waals surface area contributed by atoms with Gasteiger partial charge in [-0.2, -0.15) is 0 Å². The van der Waals surface area contributed by atoms with Gasteiger partial charge in [-0.1, -0.05) is 23.2 Å². The van der Waals surface area contributed by atoms with Crippen LogP contribution in [-0.2, 0) is 0 Å². The number of hydrogen-bond donors (Lipinski definition) is 1. The van der Waals surface area contributed by atoms with E-state index in [2.05, 4.69) is 34.2 Å². The molecule has 0 bridgehead atoms. The van der Waals surface area contributed by atoms with Crippen molar-refractivity contribution in [2.75, 3.05) is 43.9 Å². The van der Waals surface area contributed by atoms with Crippen molar-refractivity contribution in [3.63, 3.8) is 0 Å². The van der Waals surface area contributed by atoms with Gasteiger partial charge in [-0.15, -0.1) is 0 Å². The molecule has 1 aliphatic heterocycles. The first kappa shape index (κ1) is 15.7. The van der Waals surface area contributed by atoms with Crippen LogP contribution in [-0.4, -0.2) is 49.7 Å². The molecule has 6 heteroatoms. The first-order chi connectivity index (χ1) is 9.52. The van der Waals surface area contributed by atoms with Crippen LogP contribution in [0, 0.1) is 0 Å². The standard InChI is InChI=1S/C14H22Cl2N4/c1-4-17-13-11(15)8-12(16)14(18-13)20(3)10-6-5-7-19(2)9-10/h8,10H,4-7,9H2,1-3H3,(H,17,18). The monoisotopic (exact) mass is 316 g/mol. The molecule has 112 valence electrons. The molecular weight excluding hydrogens is 295 g/mol. The lowest BCUT2D eigenvalue weighted by Crippen LogP contribution is -2.45. The average Bonchev–Trinajstić information content (AvgIpc) is 2.41. The normalized spacial score (nSPS) is 19.9. The molecule has 1 N–H and O–H groups in total. The number of aromatic nitrogens is 1. The number of rotatable bonds is 4. The van der Waals surface area contributed by atoms with Crippen LogP contribution in [0.3, 0.4) is 0 Å². The van der Waals surface area contributed by atoms with Crippen molar-refractivity contribution in [2.45, 2.75) is 25.8 Å². The predicted octanol–water partition coefficient (Wildman–Crippen LogP) is 3.35. The topological polar surface area (TPSA) is 31.4 Å². The average molecular weight is 317 g/mol. The van der Waals surface area contributed by atoms with Crippen molar-refractivity contribution in [2.24, 2.45) is 0 Å². The van der Waals surface area contributed by atoms with Crippen molar-refractivity contribution in [1.82, 2.24) is 9.88 Å². The number of piperidine rings is 1. The van der Waals surface area contributed by atoms with E-state index >= 15 is 0 Å². The number of nitrogens with zero attached hydrogens (tertiary/aromatic N) is 3. The summed E-state index contributed by atoms with van der Waals surface area (Å²) >= 11 is 12.5. The van der Waals surface area contributed by atoms with E-state index in [9.17, 15) is 0 Å². The van der Waals surface area contributed by atoms with E-state index in [1.54, 1.807) is 6.07 Å². The minimum Gasteiger partial charge on any atom is -0.369 e. The summed E-state index contributed by atoms with van der Waals surface area (Å²) in [6.07, 6.45) is 2.37. The van der Waals surface area contributed by atoms with Gasteiger partial charge in [0, 0.05) is 26.2 Å². The summed E-state index contributed by atoms with van der Waals surface area (Å²) in [6.45, 7) is 5.00. The Morgan fingerprint density at radius 2 is 2.20 bits per heavy atom. The Hall–Kier alpha value is -0.710. The Kier molecular flexibility index (Phi) is 5.35. The summed E-state index contributed by atoms with van der Waals surface area (Å²) in [6, 6.07) is 2.21. The fourth-order valence-corrected chi connectivity index (χ4v) is 3.18. The molecule has 2 heterocycles. The van der Waals surface area contributed by atoms with Gasteiger partial charge in [0.1, 0.15) is 11.6 Å². The van der Waals surface area contributed by atoms with Crippen LogP contribution in [0.2, 0.25) is 10.0 Å². The molecule has 0 radical (unpaired) electrons. The fourth-order valence-electron chi connectivity index (χ4n) is 2.62. The highest BCUT2D eigenvalue weighted by molar-refractivity contribution is 6.37. The summed E-state index contributed by atoms with van der Waals surface area (Å²) in [4.78, 5) is 9.12. The molecule has 2 rings (SSSR count). The smallest absolute Gasteiger partial charge is 0.149 e. The molecule has 1 saturated heterocycles. The lowest BCUT2D eigenvalue weighted by Gasteiger charge is -2.36. The van der Waals surface area contributed by atoms with Crippen molar-refractivity contribution < 1.29 is 0 Å². The van der Waals surface area contributed by atoms with Crippen LogP contribution in [0.1, 0.15) is 19.8 Å². The van der Waals surface area contributed by atoms with E-state index in [0.717, 1.165) is 31.9 Å². The highest BCUT2D eigenvalue weighted by Crippen LogP contribution is 2.32. The summed E-state index contributed by atoms with van der Waals surface area (Å²) < 4.78 is 0. The quantitative estimate of drug-likeness (QED) is 0.923. The van der Waals surface area contributed by atoms with Crippen molar-refractivity contribution >= 4 is 34.8 Å². The summed E-state index contributed by atoms with van der Waals surface area (Å²) in [5, 5.41) is 4.34. The minimum atomic E-state index is 0.439. The molecule has 0 aliphatic carbocycles. The van der Waals surface area contributed by atoms with Gasteiger partial charge in [0.15, 0.2) is 0 Å². The molecule has 0 aromatic carbocycles. The molecule has 0 spiro atoms. The second-order valence-corrected chi connectivity index (χ2v) is 6.14. The third-order valence-electron chi connectivity index (χ3n) is 3.74. The fraction of sp³-hybridized carbons (Fsp3) is 0.643. The highest BCUT2D eigenvalue weighted by Gasteiger charge is 2.24. The molecule has 20 heavy (non-hydrogen) atoms. The molecular formula is C14H22Cl2N4. The lowest BCUT2D eigenvalue weighted by atomic mass is 10.1. The van der Waals surface area contributed by atoms with Gasteiger partial charge in [0.25, 0.3) is 0 Å². The Balaban J connectivity index is 2.24. The molecule has 1 aromatic rings. The van der Waals surface area contributed by atoms with Crippen molar-refractivity contribution in [1.29, 1.82) is 0 Å². The number of nitrogens with one attached hydrogen (secondary N) is 1. The maximum Gasteiger partial charge on any atom is 0.149 e. The molecule has 1 atom stereocenters. The number of likely N-dealkylation sites (N-methyl/N-ethyl adjacent to an activating group) is 2. The van der Waals surface area contributed by atoms with Crippen LogP contribution in [0.4, 0.5) is 11.6 Å². The van der Waals surface area contributed by atoms with Crippen LogP contribution in [0.15, 0.2) is 6.07 Å². The van der Waals surface area contributed by atoms with Gasteiger partial charge in [-0.25, -0.2) is 4.98 Å². The Morgan fingerprint density at radius 1 is 1.45 bits per heavy atom. The zero-order valence-corrected chi connectivity index (χ0v) is 13.8. The number of anilines is 2. The minimum absolute atomic E-state index is 0.439. The number of likely N-dealkylation sites (tertiary alicyclic amines) is 1. The Labute approximate surface area is 131 Å². The Morgan fingerprint density at radius 3 is 2.85 bits per heavy atom. The van der Waals surface area contributed by atoms with Gasteiger partial charge in [0.05, 0.1) is 10.0 Å². The zero-order valence-electron chi connectivity index (χ0n) is 12.3. The third-order valence-corrected chi connectivity index (χ3v) is 4.30. The van der Waals surface area contributed by atoms with Crippen LogP contribution >= 0.6 is 23.2 Å². The van der Waals surface area contributed by atoms with E-state index in [1.807, 2.05) is 6.92 Å². The van der Waals surface area contributed by atoms with E-state index in [-0.39, 0.29) is 0 Å². The molecule has 1 fully saturated rings. The van der Waals surface area contributed by atoms with Gasteiger partial charge >= 0.3 is 0 Å². The molecule has 1 aliphatic rings. The van der Waals surface area contributed by atoms with Gasteiger partial charge in [-0.3, -0.25) is 0 Å². The van der Waals surface area contributed by atoms with E-state index in [1.165, 1.54) is 6.42 Å². The number of hydrogen-bond acceptors (Lipinski definition) is 4. The number of pyridine rings is 1. The first-order valence-corrected chi connectivity index (χ1v) is 7.79. The predicted molar refractivity (Wildman–Crippen MR) is 87.3 cm³/mol. The maximum atomic E-state index is 6.32. The maximum absolute atomic E-state index is 6.32. The van der Waals surface area contributed by atoms with E-state index in [0.29, 0.717) is 21.9 Å². The van der Waals surface area contributed by atoms with Crippen molar-refractivity contribution in [3.8, 4) is 0 Å². The van der Waals surface area contributed by atoms with E-state index in [4.69, 9.17) is 23.2 Å². The van der Waals surface area contributed by atoms with Crippen molar-refractivity contribution in [3.05, 3.63) is 16.1 Å². The van der Waals surface area contributed by atoms with Gasteiger partial charge < -0.3 is 15.1 Å². The molecule has 1 unspecified atom stereocenters. The van der Waals surface area contributed by atoms with Gasteiger partial charge in [0.2, 0.25) is 0 Å². The Bertz CT molecular complexity index is 467. The second-order valence-electron chi connectivity index (χ2n) is 5.32. The van der Waals surface area contributed by atoms with Crippen LogP contribution in [0.5, 0.6) is 0 Å². The lowest BCUT2D eigenvalue weighted by molar-refractivity contribution is 0.247.